The second-order valence-electron chi connectivity index (χ2n) is 7.41. The third-order valence-electron chi connectivity index (χ3n) is 5.54. The van der Waals surface area contributed by atoms with Gasteiger partial charge in [0.1, 0.15) is 11.5 Å². The lowest BCUT2D eigenvalue weighted by atomic mass is 9.89. The van der Waals surface area contributed by atoms with E-state index < -0.39 is 0 Å². The summed E-state index contributed by atoms with van der Waals surface area (Å²) in [6.07, 6.45) is 5.40. The van der Waals surface area contributed by atoms with Gasteiger partial charge in [-0.15, -0.1) is 0 Å². The summed E-state index contributed by atoms with van der Waals surface area (Å²) < 4.78 is 5.29. The summed E-state index contributed by atoms with van der Waals surface area (Å²) in [7, 11) is 0. The van der Waals surface area contributed by atoms with Crippen LogP contribution in [0.5, 0.6) is 0 Å². The van der Waals surface area contributed by atoms with Gasteiger partial charge in [0.25, 0.3) is 5.91 Å². The number of rotatable bonds is 3. The number of likely N-dealkylation sites (tertiary alicyclic amines) is 1. The van der Waals surface area contributed by atoms with Gasteiger partial charge in [0, 0.05) is 25.5 Å². The van der Waals surface area contributed by atoms with Crippen molar-refractivity contribution in [3.63, 3.8) is 0 Å². The molecule has 0 atom stereocenters. The maximum atomic E-state index is 12.8. The van der Waals surface area contributed by atoms with Crippen molar-refractivity contribution in [1.82, 2.24) is 20.0 Å². The standard InChI is InChI=1S/C22H24N4O2/c1-14-5-4-9-24-21(14)22(27)26-11-7-17(8-12-26)18-6-10-23-19(13-18)20-15(2)25-28-16(20)3/h4-6,9-10,13,17H,7-8,11-12H2,1-3H3. The number of carbonyl (C=O) groups excluding carboxylic acids is 1. The molecule has 4 rings (SSSR count). The Morgan fingerprint density at radius 1 is 1.11 bits per heavy atom. The number of aromatic nitrogens is 3. The lowest BCUT2D eigenvalue weighted by Gasteiger charge is -2.32. The second kappa shape index (κ2) is 7.54. The van der Waals surface area contributed by atoms with Crippen molar-refractivity contribution in [2.75, 3.05) is 13.1 Å². The van der Waals surface area contributed by atoms with Gasteiger partial charge < -0.3 is 9.42 Å². The van der Waals surface area contributed by atoms with Crippen LogP contribution in [-0.2, 0) is 0 Å². The molecule has 1 aliphatic rings. The van der Waals surface area contributed by atoms with E-state index in [9.17, 15) is 4.79 Å². The van der Waals surface area contributed by atoms with Crippen molar-refractivity contribution >= 4 is 5.91 Å². The molecular formula is C22H24N4O2. The molecule has 6 nitrogen and oxygen atoms in total. The molecule has 0 spiro atoms. The molecule has 6 heteroatoms. The van der Waals surface area contributed by atoms with Crippen molar-refractivity contribution in [2.45, 2.75) is 39.5 Å². The van der Waals surface area contributed by atoms with Crippen LogP contribution in [-0.4, -0.2) is 39.0 Å². The van der Waals surface area contributed by atoms with E-state index in [4.69, 9.17) is 4.52 Å². The molecule has 0 unspecified atom stereocenters. The molecule has 0 saturated carbocycles. The van der Waals surface area contributed by atoms with Crippen LogP contribution in [0, 0.1) is 20.8 Å². The molecule has 1 saturated heterocycles. The molecule has 0 bridgehead atoms. The molecule has 144 valence electrons. The Morgan fingerprint density at radius 3 is 2.57 bits per heavy atom. The Bertz CT molecular complexity index is 984. The van der Waals surface area contributed by atoms with E-state index in [2.05, 4.69) is 27.3 Å². The molecule has 28 heavy (non-hydrogen) atoms. The number of pyridine rings is 2. The fraction of sp³-hybridized carbons (Fsp3) is 0.364. The minimum absolute atomic E-state index is 0.0303. The number of nitrogens with zero attached hydrogens (tertiary/aromatic N) is 4. The van der Waals surface area contributed by atoms with E-state index in [0.29, 0.717) is 11.6 Å². The number of amides is 1. The van der Waals surface area contributed by atoms with Gasteiger partial charge >= 0.3 is 0 Å². The van der Waals surface area contributed by atoms with Crippen molar-refractivity contribution in [3.05, 3.63) is 64.9 Å². The average Bonchev–Trinajstić information content (AvgIpc) is 3.06. The summed E-state index contributed by atoms with van der Waals surface area (Å²) >= 11 is 0. The van der Waals surface area contributed by atoms with Gasteiger partial charge in [-0.1, -0.05) is 11.2 Å². The van der Waals surface area contributed by atoms with Gasteiger partial charge in [-0.3, -0.25) is 14.8 Å². The second-order valence-corrected chi connectivity index (χ2v) is 7.41. The largest absolute Gasteiger partial charge is 0.361 e. The highest BCUT2D eigenvalue weighted by Gasteiger charge is 2.26. The predicted molar refractivity (Wildman–Crippen MR) is 106 cm³/mol. The van der Waals surface area contributed by atoms with Crippen LogP contribution in [0.3, 0.4) is 0 Å². The van der Waals surface area contributed by atoms with Gasteiger partial charge in [-0.25, -0.2) is 0 Å². The minimum atomic E-state index is 0.0303. The maximum Gasteiger partial charge on any atom is 0.272 e. The highest BCUT2D eigenvalue weighted by molar-refractivity contribution is 5.93. The zero-order chi connectivity index (χ0) is 19.7. The Morgan fingerprint density at radius 2 is 1.89 bits per heavy atom. The Kier molecular flexibility index (Phi) is 4.94. The Hall–Kier alpha value is -3.02. The molecule has 1 aliphatic heterocycles. The van der Waals surface area contributed by atoms with Gasteiger partial charge in [0.05, 0.1) is 17.0 Å². The lowest BCUT2D eigenvalue weighted by molar-refractivity contribution is 0.0706. The summed E-state index contributed by atoms with van der Waals surface area (Å²) in [5.74, 6) is 1.23. The molecule has 0 radical (unpaired) electrons. The highest BCUT2D eigenvalue weighted by atomic mass is 16.5. The van der Waals surface area contributed by atoms with E-state index in [1.807, 2.05) is 44.0 Å². The first kappa shape index (κ1) is 18.3. The topological polar surface area (TPSA) is 72.1 Å². The summed E-state index contributed by atoms with van der Waals surface area (Å²) in [4.78, 5) is 23.5. The molecule has 0 aliphatic carbocycles. The van der Waals surface area contributed by atoms with Crippen LogP contribution in [0.1, 0.15) is 51.8 Å². The molecule has 3 aromatic rings. The quantitative estimate of drug-likeness (QED) is 0.689. The van der Waals surface area contributed by atoms with Crippen LogP contribution in [0.25, 0.3) is 11.3 Å². The van der Waals surface area contributed by atoms with Gasteiger partial charge in [-0.2, -0.15) is 0 Å². The van der Waals surface area contributed by atoms with E-state index >= 15 is 0 Å². The fourth-order valence-electron chi connectivity index (χ4n) is 3.96. The van der Waals surface area contributed by atoms with E-state index in [1.165, 1.54) is 5.56 Å². The number of piperidine rings is 1. The lowest BCUT2D eigenvalue weighted by Crippen LogP contribution is -2.38. The number of hydrogen-bond acceptors (Lipinski definition) is 5. The third kappa shape index (κ3) is 3.42. The number of aryl methyl sites for hydroxylation is 3. The van der Waals surface area contributed by atoms with Crippen LogP contribution in [0.2, 0.25) is 0 Å². The first-order valence-corrected chi connectivity index (χ1v) is 9.64. The predicted octanol–water partition coefficient (Wildman–Crippen LogP) is 4.08. The Balaban J connectivity index is 1.48. The normalized spacial score (nSPS) is 15.0. The molecule has 1 amide bonds. The SMILES string of the molecule is Cc1cccnc1C(=O)N1CCC(c2ccnc(-c3c(C)noc3C)c2)CC1. The number of hydrogen-bond donors (Lipinski definition) is 0. The van der Waals surface area contributed by atoms with E-state index in [-0.39, 0.29) is 5.91 Å². The monoisotopic (exact) mass is 376 g/mol. The summed E-state index contributed by atoms with van der Waals surface area (Å²) in [6.45, 7) is 7.25. The number of carbonyl (C=O) groups is 1. The summed E-state index contributed by atoms with van der Waals surface area (Å²) in [6, 6.07) is 8.00. The first-order chi connectivity index (χ1) is 13.5. The Labute approximate surface area is 164 Å². The first-order valence-electron chi connectivity index (χ1n) is 9.64. The molecule has 1 fully saturated rings. The summed E-state index contributed by atoms with van der Waals surface area (Å²) in [5.41, 5.74) is 5.47. The zero-order valence-electron chi connectivity index (χ0n) is 16.5. The summed E-state index contributed by atoms with van der Waals surface area (Å²) in [5, 5.41) is 4.03. The van der Waals surface area contributed by atoms with Crippen LogP contribution < -0.4 is 0 Å². The maximum absolute atomic E-state index is 12.8. The highest BCUT2D eigenvalue weighted by Crippen LogP contribution is 2.32. The minimum Gasteiger partial charge on any atom is -0.361 e. The van der Waals surface area contributed by atoms with E-state index in [1.54, 1.807) is 6.20 Å². The van der Waals surface area contributed by atoms with Crippen LogP contribution >= 0.6 is 0 Å². The van der Waals surface area contributed by atoms with E-state index in [0.717, 1.165) is 54.2 Å². The van der Waals surface area contributed by atoms with Gasteiger partial charge in [0.2, 0.25) is 0 Å². The molecule has 0 aromatic carbocycles. The molecular weight excluding hydrogens is 352 g/mol. The average molecular weight is 376 g/mol. The zero-order valence-corrected chi connectivity index (χ0v) is 16.5. The van der Waals surface area contributed by atoms with Crippen LogP contribution in [0.15, 0.2) is 41.2 Å². The van der Waals surface area contributed by atoms with Crippen molar-refractivity contribution in [2.24, 2.45) is 0 Å². The molecule has 0 N–H and O–H groups in total. The van der Waals surface area contributed by atoms with Crippen molar-refractivity contribution in [3.8, 4) is 11.3 Å². The molecule has 4 heterocycles. The van der Waals surface area contributed by atoms with Crippen LogP contribution in [0.4, 0.5) is 0 Å². The van der Waals surface area contributed by atoms with Gasteiger partial charge in [-0.05, 0) is 68.9 Å². The van der Waals surface area contributed by atoms with Gasteiger partial charge in [0.15, 0.2) is 0 Å². The molecule has 3 aromatic heterocycles. The van der Waals surface area contributed by atoms with Crippen molar-refractivity contribution < 1.29 is 9.32 Å². The fourth-order valence-corrected chi connectivity index (χ4v) is 3.96. The van der Waals surface area contributed by atoms with Crippen molar-refractivity contribution in [1.29, 1.82) is 0 Å². The smallest absolute Gasteiger partial charge is 0.272 e. The third-order valence-corrected chi connectivity index (χ3v) is 5.54.